The smallest absolute Gasteiger partial charge is 0.390 e. The normalized spacial score (nSPS) is 26.9. The number of phosphoric ester groups is 1. The first-order valence-corrected chi connectivity index (χ1v) is 8.60. The number of aliphatic hydroxyl groups is 1. The number of aliphatic hydroxyl groups excluding tert-OH is 1. The molecule has 3 heterocycles. The maximum absolute atomic E-state index is 12.0. The second-order valence-electron chi connectivity index (χ2n) is 5.65. The summed E-state index contributed by atoms with van der Waals surface area (Å²) in [6.07, 6.45) is -2.36. The van der Waals surface area contributed by atoms with Crippen molar-refractivity contribution in [3.63, 3.8) is 0 Å². The van der Waals surface area contributed by atoms with Crippen LogP contribution in [0.2, 0.25) is 0 Å². The monoisotopic (exact) mass is 363 g/mol. The molecule has 134 valence electrons. The number of aromatic amines is 1. The summed E-state index contributed by atoms with van der Waals surface area (Å²) in [6.45, 7) is -0.165. The Balaban J connectivity index is 1.78. The number of nitrogens with one attached hydrogen (secondary N) is 1. The van der Waals surface area contributed by atoms with Crippen molar-refractivity contribution in [1.29, 1.82) is 0 Å². The summed E-state index contributed by atoms with van der Waals surface area (Å²) in [5.74, 6) is 0.284. The lowest BCUT2D eigenvalue weighted by atomic mass is 10.2. The maximum Gasteiger partial charge on any atom is 0.469 e. The SMILES string of the molecule is CN1CN([C@H]2C[C@H](O)[C@@H](COP(=O)(O)O)O2)c2nc(N)[nH]c(=O)c21. The standard InChI is InChI=1S/C11H18N5O7P/c1-15-4-16(9-8(15)10(18)14-11(12)13-9)7-2-5(17)6(23-7)3-22-24(19,20)21/h5-7,17H,2-4H2,1H3,(H2,19,20,21)(H3,12,13,14,18)/t5-,6+,7+/m0/s1. The van der Waals surface area contributed by atoms with Gasteiger partial charge in [-0.25, -0.2) is 4.57 Å². The molecule has 24 heavy (non-hydrogen) atoms. The molecule has 0 spiro atoms. The van der Waals surface area contributed by atoms with Crippen LogP contribution in [0.4, 0.5) is 17.5 Å². The molecule has 0 saturated carbocycles. The van der Waals surface area contributed by atoms with Crippen molar-refractivity contribution in [1.82, 2.24) is 9.97 Å². The predicted octanol–water partition coefficient (Wildman–Crippen LogP) is -1.85. The Bertz CT molecular complexity index is 736. The lowest BCUT2D eigenvalue weighted by molar-refractivity contribution is -0.0216. The number of H-pyrrole nitrogens is 1. The molecule has 1 aromatic heterocycles. The van der Waals surface area contributed by atoms with Gasteiger partial charge >= 0.3 is 7.82 Å². The third-order valence-electron chi connectivity index (χ3n) is 3.87. The average Bonchev–Trinajstić information content (AvgIpc) is 2.96. The van der Waals surface area contributed by atoms with E-state index in [0.29, 0.717) is 18.2 Å². The van der Waals surface area contributed by atoms with Crippen molar-refractivity contribution in [2.45, 2.75) is 24.9 Å². The highest BCUT2D eigenvalue weighted by molar-refractivity contribution is 7.46. The van der Waals surface area contributed by atoms with Crippen molar-refractivity contribution in [3.8, 4) is 0 Å². The van der Waals surface area contributed by atoms with Crippen LogP contribution in [0.1, 0.15) is 6.42 Å². The number of nitrogens with zero attached hydrogens (tertiary/aromatic N) is 3. The average molecular weight is 363 g/mol. The summed E-state index contributed by atoms with van der Waals surface area (Å²) in [4.78, 5) is 39.3. The van der Waals surface area contributed by atoms with Crippen LogP contribution in [0.3, 0.4) is 0 Å². The fourth-order valence-corrected chi connectivity index (χ4v) is 3.18. The molecule has 2 aliphatic rings. The lowest BCUT2D eigenvalue weighted by Gasteiger charge is -2.25. The molecule has 1 fully saturated rings. The van der Waals surface area contributed by atoms with E-state index in [1.807, 2.05) is 0 Å². The minimum Gasteiger partial charge on any atom is -0.390 e. The summed E-state index contributed by atoms with van der Waals surface area (Å²) in [5, 5.41) is 10.0. The lowest BCUT2D eigenvalue weighted by Crippen LogP contribution is -2.38. The maximum atomic E-state index is 12.0. The zero-order valence-electron chi connectivity index (χ0n) is 12.7. The van der Waals surface area contributed by atoms with Gasteiger partial charge in [-0.2, -0.15) is 4.98 Å². The molecule has 1 aromatic rings. The van der Waals surface area contributed by atoms with Crippen molar-refractivity contribution in [2.75, 3.05) is 35.9 Å². The van der Waals surface area contributed by atoms with E-state index < -0.39 is 32.9 Å². The van der Waals surface area contributed by atoms with E-state index in [0.717, 1.165) is 0 Å². The Morgan fingerprint density at radius 2 is 2.25 bits per heavy atom. The molecule has 6 N–H and O–H groups in total. The number of nitrogen functional groups attached to an aromatic ring is 1. The van der Waals surface area contributed by atoms with Crippen molar-refractivity contribution in [2.24, 2.45) is 0 Å². The molecule has 0 aromatic carbocycles. The van der Waals surface area contributed by atoms with E-state index in [4.69, 9.17) is 20.3 Å². The van der Waals surface area contributed by atoms with Crippen LogP contribution in [0.15, 0.2) is 4.79 Å². The molecule has 0 radical (unpaired) electrons. The topological polar surface area (TPSA) is 174 Å². The number of aromatic nitrogens is 2. The van der Waals surface area contributed by atoms with Crippen LogP contribution in [0.25, 0.3) is 0 Å². The molecule has 0 unspecified atom stereocenters. The van der Waals surface area contributed by atoms with E-state index in [1.165, 1.54) is 0 Å². The van der Waals surface area contributed by atoms with E-state index in [-0.39, 0.29) is 17.9 Å². The molecule has 0 amide bonds. The van der Waals surface area contributed by atoms with Gasteiger partial charge < -0.3 is 35.2 Å². The molecule has 3 atom stereocenters. The van der Waals surface area contributed by atoms with E-state index >= 15 is 0 Å². The van der Waals surface area contributed by atoms with Crippen molar-refractivity contribution >= 4 is 25.3 Å². The van der Waals surface area contributed by atoms with Gasteiger partial charge in [0.1, 0.15) is 18.0 Å². The molecular formula is C11H18N5O7P. The number of ether oxygens (including phenoxy) is 1. The number of anilines is 3. The molecule has 3 rings (SSSR count). The quantitative estimate of drug-likeness (QED) is 0.380. The Labute approximate surface area is 136 Å². The summed E-state index contributed by atoms with van der Waals surface area (Å²) in [6, 6.07) is 0. The van der Waals surface area contributed by atoms with Gasteiger partial charge in [-0.3, -0.25) is 14.3 Å². The fraction of sp³-hybridized carbons (Fsp3) is 0.636. The summed E-state index contributed by atoms with van der Waals surface area (Å²) >= 11 is 0. The van der Waals surface area contributed by atoms with E-state index in [2.05, 4.69) is 14.5 Å². The number of hydrogen-bond acceptors (Lipinski definition) is 9. The first kappa shape index (κ1) is 17.1. The second kappa shape index (κ2) is 5.99. The number of phosphoric acid groups is 1. The third-order valence-corrected chi connectivity index (χ3v) is 4.36. The Kier molecular flexibility index (Phi) is 4.28. The number of nitrogens with two attached hydrogens (primary N) is 1. The van der Waals surface area contributed by atoms with Crippen molar-refractivity contribution in [3.05, 3.63) is 10.4 Å². The van der Waals surface area contributed by atoms with E-state index in [9.17, 15) is 14.5 Å². The summed E-state index contributed by atoms with van der Waals surface area (Å²) in [7, 11) is -2.95. The van der Waals surface area contributed by atoms with Crippen LogP contribution < -0.4 is 21.1 Å². The van der Waals surface area contributed by atoms with Gasteiger partial charge in [0.15, 0.2) is 5.82 Å². The van der Waals surface area contributed by atoms with Gasteiger partial charge in [0.05, 0.1) is 19.4 Å². The first-order valence-electron chi connectivity index (χ1n) is 7.07. The highest BCUT2D eigenvalue weighted by atomic mass is 31.2. The Hall–Kier alpha value is -1.69. The summed E-state index contributed by atoms with van der Waals surface area (Å²) < 4.78 is 20.8. The molecule has 0 aliphatic carbocycles. The van der Waals surface area contributed by atoms with Crippen LogP contribution in [-0.2, 0) is 13.8 Å². The van der Waals surface area contributed by atoms with Crippen LogP contribution in [0, 0.1) is 0 Å². The van der Waals surface area contributed by atoms with Gasteiger partial charge in [0.25, 0.3) is 5.56 Å². The van der Waals surface area contributed by atoms with Gasteiger partial charge in [-0.15, -0.1) is 0 Å². The molecule has 13 heteroatoms. The largest absolute Gasteiger partial charge is 0.469 e. The van der Waals surface area contributed by atoms with Crippen LogP contribution >= 0.6 is 7.82 Å². The minimum absolute atomic E-state index is 0.0426. The first-order chi connectivity index (χ1) is 11.2. The summed E-state index contributed by atoms with van der Waals surface area (Å²) in [5.41, 5.74) is 5.52. The molecule has 0 bridgehead atoms. The Morgan fingerprint density at radius 1 is 1.54 bits per heavy atom. The van der Waals surface area contributed by atoms with Crippen molar-refractivity contribution < 1.29 is 28.7 Å². The number of hydrogen-bond donors (Lipinski definition) is 5. The fourth-order valence-electron chi connectivity index (χ4n) is 2.84. The zero-order valence-corrected chi connectivity index (χ0v) is 13.6. The van der Waals surface area contributed by atoms with Gasteiger partial charge in [0.2, 0.25) is 5.95 Å². The van der Waals surface area contributed by atoms with Gasteiger partial charge in [-0.1, -0.05) is 0 Å². The van der Waals surface area contributed by atoms with Gasteiger partial charge in [-0.05, 0) is 0 Å². The minimum atomic E-state index is -4.65. The second-order valence-corrected chi connectivity index (χ2v) is 6.89. The molecule has 12 nitrogen and oxygen atoms in total. The highest BCUT2D eigenvalue weighted by Crippen LogP contribution is 2.39. The van der Waals surface area contributed by atoms with Crippen LogP contribution in [-0.4, -0.2) is 63.6 Å². The molecular weight excluding hydrogens is 345 g/mol. The molecule has 1 saturated heterocycles. The number of fused-ring (bicyclic) bond motifs is 1. The molecule has 2 aliphatic heterocycles. The highest BCUT2D eigenvalue weighted by Gasteiger charge is 2.42. The zero-order chi connectivity index (χ0) is 17.6. The van der Waals surface area contributed by atoms with Gasteiger partial charge in [0, 0.05) is 13.5 Å². The Morgan fingerprint density at radius 3 is 2.92 bits per heavy atom. The van der Waals surface area contributed by atoms with E-state index in [1.54, 1.807) is 16.8 Å². The predicted molar refractivity (Wildman–Crippen MR) is 82.3 cm³/mol. The van der Waals surface area contributed by atoms with Crippen LogP contribution in [0.5, 0.6) is 0 Å². The number of rotatable bonds is 4. The third kappa shape index (κ3) is 3.24.